The number of fused-ring (bicyclic) bond motifs is 1. The number of sulfonamides is 1. The molecule has 1 aromatic carbocycles. The van der Waals surface area contributed by atoms with E-state index in [4.69, 9.17) is 0 Å². The Labute approximate surface area is 153 Å². The van der Waals surface area contributed by atoms with Crippen LogP contribution in [0.25, 0.3) is 11.0 Å². The molecule has 27 heavy (non-hydrogen) atoms. The number of amides is 1. The molecular formula is C16H17N5O5S. The highest BCUT2D eigenvalue weighted by atomic mass is 32.2. The monoisotopic (exact) mass is 391 g/mol. The van der Waals surface area contributed by atoms with Gasteiger partial charge in [0, 0.05) is 32.0 Å². The predicted molar refractivity (Wildman–Crippen MR) is 99.1 cm³/mol. The number of rotatable bonds is 5. The molecule has 3 aromatic rings. The first-order valence-corrected chi connectivity index (χ1v) is 9.26. The molecule has 0 unspecified atom stereocenters. The average molecular weight is 391 g/mol. The van der Waals surface area contributed by atoms with E-state index in [1.54, 1.807) is 18.2 Å². The maximum absolute atomic E-state index is 12.3. The van der Waals surface area contributed by atoms with Gasteiger partial charge in [-0.3, -0.25) is 9.59 Å². The summed E-state index contributed by atoms with van der Waals surface area (Å²) in [5.41, 5.74) is 0.671. The summed E-state index contributed by atoms with van der Waals surface area (Å²) in [7, 11) is -0.980. The van der Waals surface area contributed by atoms with Crippen LogP contribution in [0.3, 0.4) is 0 Å². The summed E-state index contributed by atoms with van der Waals surface area (Å²) in [6, 6.07) is 7.09. The Morgan fingerprint density at radius 2 is 1.81 bits per heavy atom. The van der Waals surface area contributed by atoms with Gasteiger partial charge < -0.3 is 19.9 Å². The van der Waals surface area contributed by atoms with Crippen molar-refractivity contribution in [2.24, 2.45) is 0 Å². The fourth-order valence-electron chi connectivity index (χ4n) is 2.46. The van der Waals surface area contributed by atoms with Crippen LogP contribution in [0.2, 0.25) is 0 Å². The Bertz CT molecular complexity index is 1240. The maximum atomic E-state index is 12.3. The topological polar surface area (TPSA) is 137 Å². The highest BCUT2D eigenvalue weighted by molar-refractivity contribution is 7.89. The van der Waals surface area contributed by atoms with Crippen molar-refractivity contribution in [2.75, 3.05) is 19.4 Å². The summed E-state index contributed by atoms with van der Waals surface area (Å²) >= 11 is 0. The Morgan fingerprint density at radius 3 is 2.52 bits per heavy atom. The van der Waals surface area contributed by atoms with Crippen LogP contribution in [0.4, 0.5) is 5.69 Å². The van der Waals surface area contributed by atoms with Gasteiger partial charge in [-0.05, 0) is 24.3 Å². The van der Waals surface area contributed by atoms with Crippen molar-refractivity contribution in [3.05, 3.63) is 57.4 Å². The average Bonchev–Trinajstić information content (AvgIpc) is 2.95. The third kappa shape index (κ3) is 3.83. The number of imidazole rings is 1. The summed E-state index contributed by atoms with van der Waals surface area (Å²) in [5.74, 6) is -0.520. The number of H-pyrrole nitrogens is 2. The summed E-state index contributed by atoms with van der Waals surface area (Å²) in [4.78, 5) is 40.6. The molecule has 0 saturated carbocycles. The molecule has 0 aliphatic heterocycles. The van der Waals surface area contributed by atoms with E-state index in [0.717, 1.165) is 21.1 Å². The number of hydrogen-bond acceptors (Lipinski definition) is 5. The molecule has 11 heteroatoms. The van der Waals surface area contributed by atoms with Crippen LogP contribution >= 0.6 is 0 Å². The number of carbonyl (C=O) groups excluding carboxylic acids is 1. The smallest absolute Gasteiger partial charge is 0.323 e. The van der Waals surface area contributed by atoms with Crippen LogP contribution in [0, 0.1) is 0 Å². The van der Waals surface area contributed by atoms with Gasteiger partial charge in [0.25, 0.3) is 5.56 Å². The van der Waals surface area contributed by atoms with Crippen molar-refractivity contribution in [1.82, 2.24) is 18.8 Å². The Morgan fingerprint density at radius 1 is 1.11 bits per heavy atom. The molecule has 0 aliphatic carbocycles. The lowest BCUT2D eigenvalue weighted by atomic mass is 10.2. The minimum Gasteiger partial charge on any atom is -0.324 e. The van der Waals surface area contributed by atoms with Gasteiger partial charge in [-0.15, -0.1) is 0 Å². The molecule has 2 heterocycles. The van der Waals surface area contributed by atoms with Gasteiger partial charge in [0.2, 0.25) is 15.9 Å². The van der Waals surface area contributed by atoms with Crippen LogP contribution in [-0.2, 0) is 21.4 Å². The fourth-order valence-corrected chi connectivity index (χ4v) is 3.38. The van der Waals surface area contributed by atoms with Crippen molar-refractivity contribution in [2.45, 2.75) is 11.4 Å². The number of benzene rings is 1. The van der Waals surface area contributed by atoms with E-state index in [-0.39, 0.29) is 17.1 Å². The highest BCUT2D eigenvalue weighted by Crippen LogP contribution is 2.15. The zero-order chi connectivity index (χ0) is 19.8. The SMILES string of the molecule is CN(C)S(=O)(=O)c1ccc(=O)n(CC(=O)Nc2ccc3[nH]c(=O)[nH]c3c2)c1. The highest BCUT2D eigenvalue weighted by Gasteiger charge is 2.18. The first-order valence-electron chi connectivity index (χ1n) is 7.82. The van der Waals surface area contributed by atoms with Crippen molar-refractivity contribution in [3.8, 4) is 0 Å². The zero-order valence-electron chi connectivity index (χ0n) is 14.5. The Hall–Kier alpha value is -3.18. The van der Waals surface area contributed by atoms with Crippen molar-refractivity contribution < 1.29 is 13.2 Å². The van der Waals surface area contributed by atoms with E-state index in [9.17, 15) is 22.8 Å². The number of carbonyl (C=O) groups is 1. The third-order valence-electron chi connectivity index (χ3n) is 3.85. The van der Waals surface area contributed by atoms with Gasteiger partial charge in [0.05, 0.1) is 15.9 Å². The van der Waals surface area contributed by atoms with E-state index < -0.39 is 21.5 Å². The van der Waals surface area contributed by atoms with E-state index >= 15 is 0 Å². The molecule has 0 saturated heterocycles. The fraction of sp³-hybridized carbons (Fsp3) is 0.188. The van der Waals surface area contributed by atoms with E-state index in [2.05, 4.69) is 15.3 Å². The standard InChI is InChI=1S/C16H17N5O5S/c1-20(2)27(25,26)11-4-6-15(23)21(8-11)9-14(22)17-10-3-5-12-13(7-10)19-16(24)18-12/h3-8H,9H2,1-2H3,(H,17,22)(H2,18,19,24). The second-order valence-electron chi connectivity index (χ2n) is 6.01. The lowest BCUT2D eigenvalue weighted by Crippen LogP contribution is -2.29. The van der Waals surface area contributed by atoms with Gasteiger partial charge in [-0.1, -0.05) is 0 Å². The van der Waals surface area contributed by atoms with Crippen LogP contribution in [0.1, 0.15) is 0 Å². The lowest BCUT2D eigenvalue weighted by molar-refractivity contribution is -0.116. The maximum Gasteiger partial charge on any atom is 0.323 e. The number of nitrogens with zero attached hydrogens (tertiary/aromatic N) is 2. The number of aromatic nitrogens is 3. The number of aromatic amines is 2. The van der Waals surface area contributed by atoms with Crippen LogP contribution in [0.15, 0.2) is 51.0 Å². The van der Waals surface area contributed by atoms with Crippen LogP contribution in [-0.4, -0.2) is 47.3 Å². The molecule has 1 amide bonds. The predicted octanol–water partition coefficient (Wildman–Crippen LogP) is -0.0931. The van der Waals surface area contributed by atoms with Gasteiger partial charge in [-0.25, -0.2) is 17.5 Å². The van der Waals surface area contributed by atoms with Crippen LogP contribution in [0.5, 0.6) is 0 Å². The molecule has 10 nitrogen and oxygen atoms in total. The molecule has 3 N–H and O–H groups in total. The largest absolute Gasteiger partial charge is 0.324 e. The number of pyridine rings is 1. The second kappa shape index (κ2) is 6.85. The number of hydrogen-bond donors (Lipinski definition) is 3. The van der Waals surface area contributed by atoms with Gasteiger partial charge in [0.1, 0.15) is 6.54 Å². The molecule has 0 aliphatic rings. The third-order valence-corrected chi connectivity index (χ3v) is 5.65. The minimum atomic E-state index is -3.73. The number of nitrogens with one attached hydrogen (secondary N) is 3. The molecule has 0 bridgehead atoms. The molecule has 0 fully saturated rings. The zero-order valence-corrected chi connectivity index (χ0v) is 15.3. The van der Waals surface area contributed by atoms with Gasteiger partial charge >= 0.3 is 5.69 Å². The van der Waals surface area contributed by atoms with E-state index in [1.807, 2.05) is 0 Å². The molecule has 0 atom stereocenters. The quantitative estimate of drug-likeness (QED) is 0.558. The van der Waals surface area contributed by atoms with Crippen molar-refractivity contribution in [3.63, 3.8) is 0 Å². The molecule has 142 valence electrons. The molecule has 2 aromatic heterocycles. The molecular weight excluding hydrogens is 374 g/mol. The first kappa shape index (κ1) is 18.6. The van der Waals surface area contributed by atoms with Crippen LogP contribution < -0.4 is 16.6 Å². The summed E-state index contributed by atoms with van der Waals surface area (Å²) < 4.78 is 26.4. The second-order valence-corrected chi connectivity index (χ2v) is 8.16. The lowest BCUT2D eigenvalue weighted by Gasteiger charge is -2.13. The van der Waals surface area contributed by atoms with Crippen molar-refractivity contribution in [1.29, 1.82) is 0 Å². The Kier molecular flexibility index (Phi) is 4.72. The van der Waals surface area contributed by atoms with Gasteiger partial charge in [-0.2, -0.15) is 0 Å². The molecule has 0 radical (unpaired) electrons. The first-order chi connectivity index (χ1) is 12.7. The number of anilines is 1. The minimum absolute atomic E-state index is 0.0915. The molecule has 0 spiro atoms. The normalized spacial score (nSPS) is 11.8. The van der Waals surface area contributed by atoms with E-state index in [0.29, 0.717) is 16.7 Å². The van der Waals surface area contributed by atoms with Gasteiger partial charge in [0.15, 0.2) is 0 Å². The molecule has 3 rings (SSSR count). The summed E-state index contributed by atoms with van der Waals surface area (Å²) in [5, 5.41) is 2.61. The van der Waals surface area contributed by atoms with E-state index in [1.165, 1.54) is 20.2 Å². The summed E-state index contributed by atoms with van der Waals surface area (Å²) in [6.45, 7) is -0.364. The Balaban J connectivity index is 1.82. The summed E-state index contributed by atoms with van der Waals surface area (Å²) in [6.07, 6.45) is 1.13. The van der Waals surface area contributed by atoms with Crippen molar-refractivity contribution >= 4 is 32.7 Å².